The fraction of sp³-hybridized carbons (Fsp3) is 0.0526. The third kappa shape index (κ3) is 4.14. The molecule has 3 aromatic rings. The lowest BCUT2D eigenvalue weighted by atomic mass is 10.1. The monoisotopic (exact) mass is 379 g/mol. The van der Waals surface area contributed by atoms with Gasteiger partial charge in [0.15, 0.2) is 0 Å². The molecule has 0 saturated heterocycles. The molecule has 0 aliphatic rings. The Balaban J connectivity index is 1.93. The van der Waals surface area contributed by atoms with Crippen LogP contribution in [-0.4, -0.2) is 23.3 Å². The van der Waals surface area contributed by atoms with Gasteiger partial charge in [-0.3, -0.25) is 9.78 Å². The van der Waals surface area contributed by atoms with E-state index >= 15 is 0 Å². The van der Waals surface area contributed by atoms with Crippen LogP contribution in [0.25, 0.3) is 11.3 Å². The minimum atomic E-state index is -0.551. The van der Waals surface area contributed by atoms with Crippen molar-refractivity contribution in [2.75, 3.05) is 12.5 Å². The van der Waals surface area contributed by atoms with Gasteiger partial charge in [-0.15, -0.1) is 0 Å². The Morgan fingerprint density at radius 2 is 2.07 bits per heavy atom. The fourth-order valence-corrected chi connectivity index (χ4v) is 2.58. The number of ether oxygens (including phenoxy) is 1. The van der Waals surface area contributed by atoms with Crippen LogP contribution in [-0.2, 0) is 0 Å². The zero-order chi connectivity index (χ0) is 19.2. The van der Waals surface area contributed by atoms with Crippen molar-refractivity contribution in [3.63, 3.8) is 0 Å². The van der Waals surface area contributed by atoms with Gasteiger partial charge in [-0.2, -0.15) is 10.4 Å². The quantitative estimate of drug-likeness (QED) is 0.522. The Morgan fingerprint density at radius 3 is 2.78 bits per heavy atom. The molecule has 134 valence electrons. The number of anilines is 1. The van der Waals surface area contributed by atoms with Crippen LogP contribution < -0.4 is 15.7 Å². The molecular weight excluding hydrogens is 366 g/mol. The van der Waals surface area contributed by atoms with Crippen LogP contribution in [0.5, 0.6) is 5.75 Å². The summed E-state index contributed by atoms with van der Waals surface area (Å²) in [5.74, 6) is 0.700. The van der Waals surface area contributed by atoms with Crippen LogP contribution in [0.15, 0.2) is 58.4 Å². The number of nitriles is 1. The first-order chi connectivity index (χ1) is 13.1. The van der Waals surface area contributed by atoms with Crippen molar-refractivity contribution in [2.45, 2.75) is 0 Å². The van der Waals surface area contributed by atoms with Gasteiger partial charge in [0.25, 0.3) is 5.56 Å². The van der Waals surface area contributed by atoms with E-state index < -0.39 is 5.56 Å². The maximum Gasteiger partial charge on any atom is 0.270 e. The van der Waals surface area contributed by atoms with E-state index in [2.05, 4.69) is 20.5 Å². The lowest BCUT2D eigenvalue weighted by Crippen LogP contribution is -2.16. The summed E-state index contributed by atoms with van der Waals surface area (Å²) >= 11 is 5.98. The largest absolute Gasteiger partial charge is 0.496 e. The zero-order valence-electron chi connectivity index (χ0n) is 14.2. The molecule has 0 atom stereocenters. The highest BCUT2D eigenvalue weighted by atomic mass is 35.5. The van der Waals surface area contributed by atoms with Crippen molar-refractivity contribution in [1.29, 1.82) is 5.26 Å². The second kappa shape index (κ2) is 8.17. The molecule has 0 aliphatic heterocycles. The second-order valence-electron chi connectivity index (χ2n) is 5.37. The van der Waals surface area contributed by atoms with Gasteiger partial charge in [-0.05, 0) is 18.2 Å². The minimum absolute atomic E-state index is 0.0627. The fourth-order valence-electron chi connectivity index (χ4n) is 2.40. The molecule has 27 heavy (non-hydrogen) atoms. The number of hydrogen-bond donors (Lipinski definition) is 2. The van der Waals surface area contributed by atoms with Crippen molar-refractivity contribution in [3.8, 4) is 23.1 Å². The molecule has 1 aromatic heterocycles. The summed E-state index contributed by atoms with van der Waals surface area (Å²) in [5, 5.41) is 13.9. The van der Waals surface area contributed by atoms with Gasteiger partial charge in [-0.1, -0.05) is 41.9 Å². The van der Waals surface area contributed by atoms with Crippen molar-refractivity contribution < 1.29 is 4.74 Å². The normalized spacial score (nSPS) is 10.6. The number of H-pyrrole nitrogens is 1. The average Bonchev–Trinajstić information content (AvgIpc) is 2.68. The molecule has 0 spiro atoms. The van der Waals surface area contributed by atoms with Gasteiger partial charge in [0.1, 0.15) is 17.4 Å². The van der Waals surface area contributed by atoms with Crippen LogP contribution in [0.4, 0.5) is 5.95 Å². The molecule has 0 saturated carbocycles. The van der Waals surface area contributed by atoms with Crippen LogP contribution in [0.2, 0.25) is 5.02 Å². The summed E-state index contributed by atoms with van der Waals surface area (Å²) in [4.78, 5) is 19.0. The Hall–Kier alpha value is -3.63. The smallest absolute Gasteiger partial charge is 0.270 e. The molecule has 1 heterocycles. The molecule has 2 N–H and O–H groups in total. The number of nitrogens with zero attached hydrogens (tertiary/aromatic N) is 3. The highest BCUT2D eigenvalue weighted by Gasteiger charge is 2.12. The minimum Gasteiger partial charge on any atom is -0.496 e. The number of aromatic amines is 1. The van der Waals surface area contributed by atoms with Gasteiger partial charge in [-0.25, -0.2) is 10.4 Å². The second-order valence-corrected chi connectivity index (χ2v) is 5.81. The Bertz CT molecular complexity index is 1090. The maximum atomic E-state index is 12.2. The number of halogens is 1. The molecule has 0 unspecified atom stereocenters. The number of hydrogen-bond acceptors (Lipinski definition) is 6. The Morgan fingerprint density at radius 1 is 1.30 bits per heavy atom. The first-order valence-electron chi connectivity index (χ1n) is 7.85. The molecular formula is C19H14ClN5O2. The summed E-state index contributed by atoms with van der Waals surface area (Å²) < 4.78 is 5.24. The maximum absolute atomic E-state index is 12.2. The van der Waals surface area contributed by atoms with Crippen LogP contribution in [0, 0.1) is 11.3 Å². The third-order valence-electron chi connectivity index (χ3n) is 3.64. The molecule has 8 heteroatoms. The van der Waals surface area contributed by atoms with Crippen LogP contribution >= 0.6 is 11.6 Å². The van der Waals surface area contributed by atoms with Gasteiger partial charge in [0.2, 0.25) is 5.95 Å². The predicted octanol–water partition coefficient (Wildman–Crippen LogP) is 3.42. The molecule has 3 rings (SSSR count). The molecule has 0 bridgehead atoms. The summed E-state index contributed by atoms with van der Waals surface area (Å²) in [6, 6.07) is 16.0. The van der Waals surface area contributed by atoms with E-state index in [1.165, 1.54) is 6.21 Å². The SMILES string of the molecule is COc1ccc(Cl)cc1C=NNc1nc(-c2ccccc2)c(C#N)c(=O)[nH]1. The van der Waals surface area contributed by atoms with Crippen molar-refractivity contribution in [3.05, 3.63) is 75.0 Å². The van der Waals surface area contributed by atoms with E-state index in [1.807, 2.05) is 12.1 Å². The number of methoxy groups -OCH3 is 1. The van der Waals surface area contributed by atoms with Gasteiger partial charge >= 0.3 is 0 Å². The van der Waals surface area contributed by atoms with E-state index in [9.17, 15) is 10.1 Å². The predicted molar refractivity (Wildman–Crippen MR) is 104 cm³/mol. The number of benzene rings is 2. The van der Waals surface area contributed by atoms with Crippen LogP contribution in [0.3, 0.4) is 0 Å². The first-order valence-corrected chi connectivity index (χ1v) is 8.22. The molecule has 0 amide bonds. The van der Waals surface area contributed by atoms with Crippen molar-refractivity contribution in [2.24, 2.45) is 5.10 Å². The standard InChI is InChI=1S/C19H14ClN5O2/c1-27-16-8-7-14(20)9-13(16)11-22-25-19-23-17(12-5-3-2-4-6-12)15(10-21)18(26)24-19/h2-9,11H,1H3,(H2,23,24,25,26). The van der Waals surface area contributed by atoms with E-state index in [4.69, 9.17) is 16.3 Å². The third-order valence-corrected chi connectivity index (χ3v) is 3.88. The summed E-state index contributed by atoms with van der Waals surface area (Å²) in [6.07, 6.45) is 1.49. The van der Waals surface area contributed by atoms with Crippen molar-refractivity contribution in [1.82, 2.24) is 9.97 Å². The number of nitrogens with one attached hydrogen (secondary N) is 2. The summed E-state index contributed by atoms with van der Waals surface area (Å²) in [7, 11) is 1.54. The topological polar surface area (TPSA) is 103 Å². The lowest BCUT2D eigenvalue weighted by molar-refractivity contribution is 0.414. The van der Waals surface area contributed by atoms with Crippen LogP contribution in [0.1, 0.15) is 11.1 Å². The lowest BCUT2D eigenvalue weighted by Gasteiger charge is -2.07. The number of rotatable bonds is 5. The zero-order valence-corrected chi connectivity index (χ0v) is 15.0. The highest BCUT2D eigenvalue weighted by Crippen LogP contribution is 2.21. The highest BCUT2D eigenvalue weighted by molar-refractivity contribution is 6.30. The first kappa shape index (κ1) is 18.2. The number of aromatic nitrogens is 2. The summed E-state index contributed by atoms with van der Waals surface area (Å²) in [5.41, 5.74) is 3.63. The Labute approximate surface area is 159 Å². The Kier molecular flexibility index (Phi) is 5.50. The average molecular weight is 380 g/mol. The summed E-state index contributed by atoms with van der Waals surface area (Å²) in [6.45, 7) is 0. The van der Waals surface area contributed by atoms with E-state index in [1.54, 1.807) is 49.6 Å². The molecule has 0 fully saturated rings. The van der Waals surface area contributed by atoms with Crippen molar-refractivity contribution >= 4 is 23.8 Å². The van der Waals surface area contributed by atoms with E-state index in [0.717, 1.165) is 0 Å². The molecule has 7 nitrogen and oxygen atoms in total. The van der Waals surface area contributed by atoms with E-state index in [-0.39, 0.29) is 17.2 Å². The molecule has 0 aliphatic carbocycles. The molecule has 0 radical (unpaired) electrons. The van der Waals surface area contributed by atoms with E-state index in [0.29, 0.717) is 21.9 Å². The van der Waals surface area contributed by atoms with Gasteiger partial charge < -0.3 is 4.74 Å². The van der Waals surface area contributed by atoms with Gasteiger partial charge in [0.05, 0.1) is 19.0 Å². The van der Waals surface area contributed by atoms with Gasteiger partial charge in [0, 0.05) is 16.1 Å². The number of hydrazone groups is 1. The molecule has 2 aromatic carbocycles.